The average molecular weight is 356 g/mol. The van der Waals surface area contributed by atoms with Crippen molar-refractivity contribution >= 4 is 17.0 Å². The van der Waals surface area contributed by atoms with Crippen LogP contribution in [0.3, 0.4) is 0 Å². The third-order valence-electron chi connectivity index (χ3n) is 4.47. The molecule has 3 aromatic carbocycles. The van der Waals surface area contributed by atoms with E-state index in [2.05, 4.69) is 16.4 Å². The lowest BCUT2D eigenvalue weighted by Gasteiger charge is -2.18. The van der Waals surface area contributed by atoms with Crippen LogP contribution in [0.4, 0.5) is 4.79 Å². The summed E-state index contributed by atoms with van der Waals surface area (Å²) in [6.07, 6.45) is -0.452. The highest BCUT2D eigenvalue weighted by Crippen LogP contribution is 2.25. The number of alkyl carbamates (subject to hydrolysis) is 1. The predicted molar refractivity (Wildman–Crippen MR) is 106 cm³/mol. The highest BCUT2D eigenvalue weighted by molar-refractivity contribution is 5.81. The van der Waals surface area contributed by atoms with Crippen LogP contribution >= 0.6 is 0 Å². The van der Waals surface area contributed by atoms with Crippen molar-refractivity contribution in [2.45, 2.75) is 12.6 Å². The first kappa shape index (κ1) is 16.9. The van der Waals surface area contributed by atoms with E-state index in [0.717, 1.165) is 27.7 Å². The number of nitrogens with one attached hydrogen (secondary N) is 2. The van der Waals surface area contributed by atoms with E-state index in [-0.39, 0.29) is 12.6 Å². The molecule has 0 unspecified atom stereocenters. The van der Waals surface area contributed by atoms with Crippen LogP contribution < -0.4 is 5.32 Å². The fourth-order valence-electron chi connectivity index (χ4n) is 3.12. The molecule has 4 rings (SSSR count). The van der Waals surface area contributed by atoms with Gasteiger partial charge in [-0.25, -0.2) is 4.79 Å². The highest BCUT2D eigenvalue weighted by atomic mass is 16.5. The summed E-state index contributed by atoms with van der Waals surface area (Å²) in [6.45, 7) is 0.237. The molecular formula is C23H20N2O2. The molecule has 27 heavy (non-hydrogen) atoms. The van der Waals surface area contributed by atoms with Crippen molar-refractivity contribution in [1.82, 2.24) is 10.3 Å². The maximum absolute atomic E-state index is 12.4. The molecule has 0 radical (unpaired) electrons. The molecule has 2 N–H and O–H groups in total. The summed E-state index contributed by atoms with van der Waals surface area (Å²) in [5.41, 5.74) is 3.89. The third kappa shape index (κ3) is 4.01. The molecule has 134 valence electrons. The molecule has 1 aromatic heterocycles. The first-order valence-corrected chi connectivity index (χ1v) is 8.89. The zero-order valence-electron chi connectivity index (χ0n) is 14.8. The minimum Gasteiger partial charge on any atom is -0.445 e. The molecule has 0 aliphatic heterocycles. The van der Waals surface area contributed by atoms with Crippen LogP contribution in [-0.2, 0) is 11.3 Å². The summed E-state index contributed by atoms with van der Waals surface area (Å²) >= 11 is 0. The molecule has 4 heteroatoms. The van der Waals surface area contributed by atoms with Crippen molar-refractivity contribution in [3.8, 4) is 0 Å². The Labute approximate surface area is 157 Å². The number of amides is 1. The first-order chi connectivity index (χ1) is 13.3. The zero-order valence-corrected chi connectivity index (χ0v) is 14.8. The molecule has 4 aromatic rings. The van der Waals surface area contributed by atoms with E-state index in [0.29, 0.717) is 0 Å². The van der Waals surface area contributed by atoms with Crippen molar-refractivity contribution < 1.29 is 9.53 Å². The SMILES string of the molecule is O=C(N[C@H](c1ccccc1)c1cc2ccccc2[nH]1)OCc1ccccc1. The second kappa shape index (κ2) is 7.79. The predicted octanol–water partition coefficient (Wildman–Crippen LogP) is 5.18. The number of ether oxygens (including phenoxy) is 1. The molecule has 0 fully saturated rings. The lowest BCUT2D eigenvalue weighted by Crippen LogP contribution is -2.30. The van der Waals surface area contributed by atoms with Gasteiger partial charge in [0, 0.05) is 11.2 Å². The van der Waals surface area contributed by atoms with Gasteiger partial charge in [0.25, 0.3) is 0 Å². The normalized spacial score (nSPS) is 11.9. The molecule has 0 saturated carbocycles. The minimum atomic E-state index is -0.452. The molecule has 4 nitrogen and oxygen atoms in total. The summed E-state index contributed by atoms with van der Waals surface area (Å²) in [5.74, 6) is 0. The van der Waals surface area contributed by atoms with E-state index in [1.54, 1.807) is 0 Å². The van der Waals surface area contributed by atoms with E-state index >= 15 is 0 Å². The van der Waals surface area contributed by atoms with Crippen LogP contribution in [0.5, 0.6) is 0 Å². The van der Waals surface area contributed by atoms with Crippen LogP contribution in [0.25, 0.3) is 10.9 Å². The van der Waals surface area contributed by atoms with Crippen molar-refractivity contribution in [2.75, 3.05) is 0 Å². The maximum atomic E-state index is 12.4. The number of aromatic amines is 1. The van der Waals surface area contributed by atoms with E-state index in [9.17, 15) is 4.79 Å². The lowest BCUT2D eigenvalue weighted by atomic mass is 10.0. The van der Waals surface area contributed by atoms with Gasteiger partial charge in [0.2, 0.25) is 0 Å². The number of benzene rings is 3. The van der Waals surface area contributed by atoms with Gasteiger partial charge >= 0.3 is 6.09 Å². The number of fused-ring (bicyclic) bond motifs is 1. The molecule has 1 amide bonds. The Bertz CT molecular complexity index is 993. The summed E-state index contributed by atoms with van der Waals surface area (Å²) in [6, 6.07) is 29.3. The summed E-state index contributed by atoms with van der Waals surface area (Å²) in [7, 11) is 0. The molecule has 0 saturated heterocycles. The number of hydrogen-bond donors (Lipinski definition) is 2. The monoisotopic (exact) mass is 356 g/mol. The zero-order chi connectivity index (χ0) is 18.5. The average Bonchev–Trinajstić information content (AvgIpc) is 3.16. The van der Waals surface area contributed by atoms with Crippen molar-refractivity contribution in [2.24, 2.45) is 0 Å². The fraction of sp³-hybridized carbons (Fsp3) is 0.0870. The highest BCUT2D eigenvalue weighted by Gasteiger charge is 2.19. The van der Waals surface area contributed by atoms with Crippen LogP contribution in [-0.4, -0.2) is 11.1 Å². The molecular weight excluding hydrogens is 336 g/mol. The number of carbonyl (C=O) groups excluding carboxylic acids is 1. The molecule has 1 atom stereocenters. The smallest absolute Gasteiger partial charge is 0.408 e. The number of carbonyl (C=O) groups is 1. The van der Waals surface area contributed by atoms with Gasteiger partial charge in [-0.15, -0.1) is 0 Å². The van der Waals surface area contributed by atoms with Gasteiger partial charge < -0.3 is 15.0 Å². The van der Waals surface area contributed by atoms with Crippen LogP contribution in [0.1, 0.15) is 22.9 Å². The summed E-state index contributed by atoms with van der Waals surface area (Å²) in [5, 5.41) is 4.09. The lowest BCUT2D eigenvalue weighted by molar-refractivity contribution is 0.137. The molecule has 0 aliphatic carbocycles. The van der Waals surface area contributed by atoms with Crippen molar-refractivity contribution in [3.63, 3.8) is 0 Å². The summed E-state index contributed by atoms with van der Waals surface area (Å²) < 4.78 is 5.41. The van der Waals surface area contributed by atoms with Gasteiger partial charge in [0.15, 0.2) is 0 Å². The standard InChI is InChI=1S/C23H20N2O2/c26-23(27-16-17-9-3-1-4-10-17)25-22(18-11-5-2-6-12-18)21-15-19-13-7-8-14-20(19)24-21/h1-15,22,24H,16H2,(H,25,26)/t22-/m1/s1. The molecule has 0 aliphatic rings. The van der Waals surface area contributed by atoms with Crippen LogP contribution in [0.2, 0.25) is 0 Å². The number of aromatic nitrogens is 1. The van der Waals surface area contributed by atoms with Crippen LogP contribution in [0.15, 0.2) is 91.0 Å². The van der Waals surface area contributed by atoms with Crippen molar-refractivity contribution in [1.29, 1.82) is 0 Å². The van der Waals surface area contributed by atoms with Gasteiger partial charge in [-0.3, -0.25) is 0 Å². The minimum absolute atomic E-state index is 0.237. The number of rotatable bonds is 5. The van der Waals surface area contributed by atoms with E-state index in [1.807, 2.05) is 84.9 Å². The van der Waals surface area contributed by atoms with Crippen LogP contribution in [0, 0.1) is 0 Å². The van der Waals surface area contributed by atoms with Gasteiger partial charge in [-0.2, -0.15) is 0 Å². The quantitative estimate of drug-likeness (QED) is 0.517. The van der Waals surface area contributed by atoms with Gasteiger partial charge in [-0.1, -0.05) is 78.9 Å². The Morgan fingerprint density at radius 3 is 2.30 bits per heavy atom. The summed E-state index contributed by atoms with van der Waals surface area (Å²) in [4.78, 5) is 15.8. The Kier molecular flexibility index (Phi) is 4.88. The fourth-order valence-corrected chi connectivity index (χ4v) is 3.12. The Balaban J connectivity index is 1.56. The Morgan fingerprint density at radius 2 is 1.56 bits per heavy atom. The van der Waals surface area contributed by atoms with E-state index < -0.39 is 6.09 Å². The second-order valence-electron chi connectivity index (χ2n) is 6.36. The first-order valence-electron chi connectivity index (χ1n) is 8.89. The van der Waals surface area contributed by atoms with E-state index in [1.165, 1.54) is 0 Å². The van der Waals surface area contributed by atoms with Gasteiger partial charge in [-0.05, 0) is 28.6 Å². The number of hydrogen-bond acceptors (Lipinski definition) is 2. The maximum Gasteiger partial charge on any atom is 0.408 e. The Hall–Kier alpha value is -3.53. The van der Waals surface area contributed by atoms with E-state index in [4.69, 9.17) is 4.74 Å². The largest absolute Gasteiger partial charge is 0.445 e. The topological polar surface area (TPSA) is 54.1 Å². The van der Waals surface area contributed by atoms with Crippen molar-refractivity contribution in [3.05, 3.63) is 108 Å². The third-order valence-corrected chi connectivity index (χ3v) is 4.47. The van der Waals surface area contributed by atoms with Gasteiger partial charge in [0.1, 0.15) is 6.61 Å². The molecule has 1 heterocycles. The molecule has 0 bridgehead atoms. The Morgan fingerprint density at radius 1 is 0.889 bits per heavy atom. The number of H-pyrrole nitrogens is 1. The molecule has 0 spiro atoms. The van der Waals surface area contributed by atoms with Gasteiger partial charge in [0.05, 0.1) is 6.04 Å². The number of para-hydroxylation sites is 1. The second-order valence-corrected chi connectivity index (χ2v) is 6.36.